The van der Waals surface area contributed by atoms with E-state index >= 15 is 0 Å². The molecule has 0 saturated carbocycles. The van der Waals surface area contributed by atoms with Crippen LogP contribution in [0.1, 0.15) is 86.0 Å². The average molecular weight is 254 g/mol. The first-order chi connectivity index (χ1) is 8.65. The Balaban J connectivity index is 2.61. The number of quaternary nitrogens is 1. The summed E-state index contributed by atoms with van der Waals surface area (Å²) in [6.45, 7) is 13.4. The number of hydrogen-bond acceptors (Lipinski definition) is 0. The Bertz CT molecular complexity index is 216. The molecule has 1 aliphatic rings. The van der Waals surface area contributed by atoms with Gasteiger partial charge in [-0.2, -0.15) is 0 Å². The van der Waals surface area contributed by atoms with Crippen LogP contribution in [0.3, 0.4) is 0 Å². The van der Waals surface area contributed by atoms with Gasteiger partial charge in [-0.15, -0.1) is 0 Å². The van der Waals surface area contributed by atoms with Crippen LogP contribution in [0.5, 0.6) is 0 Å². The van der Waals surface area contributed by atoms with Gasteiger partial charge in [0.2, 0.25) is 0 Å². The minimum Gasteiger partial charge on any atom is -0.307 e. The van der Waals surface area contributed by atoms with Crippen LogP contribution in [0.4, 0.5) is 0 Å². The Hall–Kier alpha value is -0.0400. The molecule has 1 rings (SSSR count). The van der Waals surface area contributed by atoms with Crippen molar-refractivity contribution in [3.8, 4) is 0 Å². The Morgan fingerprint density at radius 3 is 1.78 bits per heavy atom. The van der Waals surface area contributed by atoms with E-state index in [4.69, 9.17) is 0 Å². The molecule has 0 bridgehead atoms. The van der Waals surface area contributed by atoms with Gasteiger partial charge in [-0.25, -0.2) is 0 Å². The quantitative estimate of drug-likeness (QED) is 0.287. The number of unbranched alkanes of at least 4 members (excludes halogenated alkanes) is 3. The van der Waals surface area contributed by atoms with Gasteiger partial charge in [0, 0.05) is 0 Å². The molecule has 0 aromatic heterocycles. The highest BCUT2D eigenvalue weighted by molar-refractivity contribution is 4.85. The molecular weight excluding hydrogens is 218 g/mol. The van der Waals surface area contributed by atoms with E-state index in [0.717, 1.165) is 18.1 Å². The van der Waals surface area contributed by atoms with Crippen molar-refractivity contribution < 1.29 is 4.48 Å². The summed E-state index contributed by atoms with van der Waals surface area (Å²) in [5, 5.41) is 0. The van der Waals surface area contributed by atoms with Crippen molar-refractivity contribution in [2.45, 2.75) is 104 Å². The van der Waals surface area contributed by atoms with Gasteiger partial charge in [-0.05, 0) is 46.0 Å². The molecule has 0 spiro atoms. The van der Waals surface area contributed by atoms with Gasteiger partial charge >= 0.3 is 0 Å². The van der Waals surface area contributed by atoms with Crippen molar-refractivity contribution in [1.29, 1.82) is 0 Å². The summed E-state index contributed by atoms with van der Waals surface area (Å²) in [5.74, 6) is 0. The van der Waals surface area contributed by atoms with Gasteiger partial charge in [0.1, 0.15) is 12.1 Å². The van der Waals surface area contributed by atoms with Crippen LogP contribution in [0.2, 0.25) is 0 Å². The lowest BCUT2D eigenvalue weighted by molar-refractivity contribution is -0.852. The highest BCUT2D eigenvalue weighted by Gasteiger charge is 2.62. The zero-order chi connectivity index (χ0) is 13.6. The van der Waals surface area contributed by atoms with Crippen molar-refractivity contribution in [2.75, 3.05) is 6.54 Å². The first kappa shape index (κ1) is 16.0. The second kappa shape index (κ2) is 7.53. The third kappa shape index (κ3) is 3.29. The highest BCUT2D eigenvalue weighted by Crippen LogP contribution is 2.45. The summed E-state index contributed by atoms with van der Waals surface area (Å²) < 4.78 is 1.46. The average Bonchev–Trinajstić information content (AvgIpc) is 2.88. The van der Waals surface area contributed by atoms with Crippen molar-refractivity contribution in [2.24, 2.45) is 0 Å². The van der Waals surface area contributed by atoms with Crippen molar-refractivity contribution in [3.63, 3.8) is 0 Å². The van der Waals surface area contributed by atoms with Crippen molar-refractivity contribution in [1.82, 2.24) is 0 Å². The van der Waals surface area contributed by atoms with Crippen LogP contribution in [0, 0.1) is 0 Å². The molecule has 3 unspecified atom stereocenters. The normalized spacial score (nSPS) is 32.5. The van der Waals surface area contributed by atoms with Gasteiger partial charge in [-0.3, -0.25) is 0 Å². The molecule has 1 heteroatoms. The first-order valence-electron chi connectivity index (χ1n) is 8.52. The highest BCUT2D eigenvalue weighted by atomic mass is 15.6. The van der Waals surface area contributed by atoms with Crippen LogP contribution >= 0.6 is 0 Å². The first-order valence-corrected chi connectivity index (χ1v) is 8.52. The smallest absolute Gasteiger partial charge is 0.139 e. The second-order valence-electron chi connectivity index (χ2n) is 6.49. The van der Waals surface area contributed by atoms with Gasteiger partial charge < -0.3 is 4.48 Å². The van der Waals surface area contributed by atoms with Gasteiger partial charge in [-0.1, -0.05) is 40.0 Å². The Morgan fingerprint density at radius 2 is 1.33 bits per heavy atom. The third-order valence-corrected chi connectivity index (χ3v) is 5.45. The fourth-order valence-corrected chi connectivity index (χ4v) is 4.13. The second-order valence-corrected chi connectivity index (χ2v) is 6.49. The molecule has 0 aromatic rings. The van der Waals surface area contributed by atoms with Gasteiger partial charge in [0.25, 0.3) is 0 Å². The van der Waals surface area contributed by atoms with Crippen LogP contribution in [-0.2, 0) is 0 Å². The third-order valence-electron chi connectivity index (χ3n) is 5.45. The van der Waals surface area contributed by atoms with E-state index in [9.17, 15) is 0 Å². The molecule has 1 heterocycles. The monoisotopic (exact) mass is 254 g/mol. The molecule has 1 fully saturated rings. The largest absolute Gasteiger partial charge is 0.307 e. The molecule has 1 nitrogen and oxygen atoms in total. The summed E-state index contributed by atoms with van der Waals surface area (Å²) in [4.78, 5) is 0. The zero-order valence-corrected chi connectivity index (χ0v) is 13.5. The lowest BCUT2D eigenvalue weighted by Gasteiger charge is -2.31. The van der Waals surface area contributed by atoms with Crippen molar-refractivity contribution >= 4 is 0 Å². The Kier molecular flexibility index (Phi) is 6.70. The molecule has 0 amide bonds. The molecule has 108 valence electrons. The van der Waals surface area contributed by atoms with E-state index in [2.05, 4.69) is 34.6 Å². The predicted molar refractivity (Wildman–Crippen MR) is 81.8 cm³/mol. The van der Waals surface area contributed by atoms with E-state index in [0.29, 0.717) is 0 Å². The summed E-state index contributed by atoms with van der Waals surface area (Å²) in [6, 6.07) is 2.81. The standard InChI is InChI=1S/C17H36N/c1-6-9-11-13-17(12-10-7-2)18(14-8-3)15(4)16(18)5/h15-17H,6-14H2,1-5H3/q+1. The summed E-state index contributed by atoms with van der Waals surface area (Å²) >= 11 is 0. The molecule has 0 N–H and O–H groups in total. The maximum absolute atomic E-state index is 2.49. The van der Waals surface area contributed by atoms with Crippen LogP contribution in [0.15, 0.2) is 0 Å². The minimum absolute atomic E-state index is 0.924. The van der Waals surface area contributed by atoms with E-state index in [1.165, 1.54) is 62.4 Å². The molecular formula is C17H36N+. The number of rotatable bonds is 10. The maximum Gasteiger partial charge on any atom is 0.139 e. The van der Waals surface area contributed by atoms with Crippen molar-refractivity contribution in [3.05, 3.63) is 0 Å². The van der Waals surface area contributed by atoms with Gasteiger partial charge in [0.15, 0.2) is 0 Å². The van der Waals surface area contributed by atoms with Crippen LogP contribution in [0.25, 0.3) is 0 Å². The molecule has 0 aromatic carbocycles. The van der Waals surface area contributed by atoms with E-state index in [-0.39, 0.29) is 0 Å². The lowest BCUT2D eigenvalue weighted by atomic mass is 10.0. The SMILES string of the molecule is CCCCCC(CCCC)[N+]1(CCC)C(C)C1C. The molecule has 0 aliphatic carbocycles. The minimum atomic E-state index is 0.924. The van der Waals surface area contributed by atoms with Crippen LogP contribution < -0.4 is 0 Å². The van der Waals surface area contributed by atoms with E-state index < -0.39 is 0 Å². The maximum atomic E-state index is 2.49. The Labute approximate surface area is 116 Å². The van der Waals surface area contributed by atoms with Gasteiger partial charge in [0.05, 0.1) is 12.6 Å². The zero-order valence-electron chi connectivity index (χ0n) is 13.5. The molecule has 18 heavy (non-hydrogen) atoms. The fraction of sp³-hybridized carbons (Fsp3) is 1.00. The van der Waals surface area contributed by atoms with E-state index in [1.807, 2.05) is 0 Å². The molecule has 3 atom stereocenters. The molecule has 0 radical (unpaired) electrons. The lowest BCUT2D eigenvalue weighted by Crippen LogP contribution is -2.42. The molecule has 1 aliphatic heterocycles. The number of nitrogens with zero attached hydrogens (tertiary/aromatic N) is 1. The summed E-state index contributed by atoms with van der Waals surface area (Å²) in [7, 11) is 0. The summed E-state index contributed by atoms with van der Waals surface area (Å²) in [5.41, 5.74) is 0. The Morgan fingerprint density at radius 1 is 0.778 bits per heavy atom. The summed E-state index contributed by atoms with van der Waals surface area (Å²) in [6.07, 6.45) is 11.3. The predicted octanol–water partition coefficient (Wildman–Crippen LogP) is 5.14. The molecule has 1 saturated heterocycles. The van der Waals surface area contributed by atoms with E-state index in [1.54, 1.807) is 0 Å². The number of hydrogen-bond donors (Lipinski definition) is 0. The van der Waals surface area contributed by atoms with Crippen LogP contribution in [-0.4, -0.2) is 29.2 Å². The topological polar surface area (TPSA) is 0 Å². The fourth-order valence-electron chi connectivity index (χ4n) is 4.13.